The fraction of sp³-hybridized carbons (Fsp3) is 0.385. The van der Waals surface area contributed by atoms with Gasteiger partial charge in [-0.1, -0.05) is 28.9 Å². The summed E-state index contributed by atoms with van der Waals surface area (Å²) in [4.78, 5) is 22.9. The van der Waals surface area contributed by atoms with Gasteiger partial charge >= 0.3 is 12.0 Å². The van der Waals surface area contributed by atoms with Crippen molar-refractivity contribution in [3.05, 3.63) is 28.2 Å². The van der Waals surface area contributed by atoms with Gasteiger partial charge in [-0.3, -0.25) is 0 Å². The van der Waals surface area contributed by atoms with Gasteiger partial charge in [0.05, 0.1) is 0 Å². The highest BCUT2D eigenvalue weighted by Crippen LogP contribution is 2.20. The Morgan fingerprint density at radius 2 is 2.05 bits per heavy atom. The number of aliphatic carboxylic acids is 1. The number of carbonyl (C=O) groups is 2. The highest BCUT2D eigenvalue weighted by molar-refractivity contribution is 9.10. The highest BCUT2D eigenvalue weighted by atomic mass is 79.9. The second-order valence-electron chi connectivity index (χ2n) is 4.53. The highest BCUT2D eigenvalue weighted by Gasteiger charge is 2.32. The molecular weight excluding hydrogens is 312 g/mol. The van der Waals surface area contributed by atoms with E-state index in [-0.39, 0.29) is 0 Å². The van der Waals surface area contributed by atoms with Crippen LogP contribution >= 0.6 is 15.9 Å². The van der Waals surface area contributed by atoms with Crippen LogP contribution < -0.4 is 10.6 Å². The van der Waals surface area contributed by atoms with Crippen LogP contribution in [0.1, 0.15) is 25.8 Å². The number of nitrogens with one attached hydrogen (secondary N) is 2. The molecule has 19 heavy (non-hydrogen) atoms. The number of carboxylic acids is 1. The fourth-order valence-corrected chi connectivity index (χ4v) is 1.76. The molecule has 1 aromatic rings. The lowest BCUT2D eigenvalue weighted by molar-refractivity contribution is -0.143. The van der Waals surface area contributed by atoms with Crippen molar-refractivity contribution in [3.8, 4) is 0 Å². The lowest BCUT2D eigenvalue weighted by Crippen LogP contribution is -2.53. The number of halogens is 1. The molecule has 0 saturated carbocycles. The van der Waals surface area contributed by atoms with Gasteiger partial charge < -0.3 is 15.7 Å². The van der Waals surface area contributed by atoms with Crippen molar-refractivity contribution in [2.75, 3.05) is 5.32 Å². The first-order valence-corrected chi connectivity index (χ1v) is 6.66. The second kappa shape index (κ2) is 6.06. The van der Waals surface area contributed by atoms with Gasteiger partial charge in [0.25, 0.3) is 0 Å². The first kappa shape index (κ1) is 15.5. The van der Waals surface area contributed by atoms with E-state index in [9.17, 15) is 9.59 Å². The number of hydrogen-bond acceptors (Lipinski definition) is 2. The normalized spacial score (nSPS) is 13.5. The minimum atomic E-state index is -1.27. The fourth-order valence-electron chi connectivity index (χ4n) is 1.38. The molecule has 0 aliphatic rings. The van der Waals surface area contributed by atoms with Crippen LogP contribution in [0, 0.1) is 6.92 Å². The molecule has 1 atom stereocenters. The van der Waals surface area contributed by atoms with E-state index >= 15 is 0 Å². The van der Waals surface area contributed by atoms with Crippen LogP contribution in [0.4, 0.5) is 10.5 Å². The number of urea groups is 1. The van der Waals surface area contributed by atoms with Gasteiger partial charge in [-0.25, -0.2) is 9.59 Å². The lowest BCUT2D eigenvalue weighted by atomic mass is 10.00. The topological polar surface area (TPSA) is 78.4 Å². The van der Waals surface area contributed by atoms with E-state index in [0.717, 1.165) is 10.0 Å². The van der Waals surface area contributed by atoms with Gasteiger partial charge in [0, 0.05) is 10.2 Å². The Morgan fingerprint density at radius 1 is 1.42 bits per heavy atom. The summed E-state index contributed by atoms with van der Waals surface area (Å²) in [7, 11) is 0. The van der Waals surface area contributed by atoms with E-state index in [2.05, 4.69) is 26.6 Å². The molecule has 6 heteroatoms. The van der Waals surface area contributed by atoms with E-state index < -0.39 is 17.5 Å². The van der Waals surface area contributed by atoms with Crippen LogP contribution in [0.15, 0.2) is 22.7 Å². The van der Waals surface area contributed by atoms with Gasteiger partial charge in [-0.05, 0) is 38.0 Å². The number of anilines is 1. The first-order valence-electron chi connectivity index (χ1n) is 5.87. The van der Waals surface area contributed by atoms with Crippen LogP contribution in [0.2, 0.25) is 0 Å². The predicted octanol–water partition coefficient (Wildman–Crippen LogP) is 3.13. The van der Waals surface area contributed by atoms with E-state index in [1.54, 1.807) is 19.1 Å². The summed E-state index contributed by atoms with van der Waals surface area (Å²) in [6.07, 6.45) is 0.299. The summed E-state index contributed by atoms with van der Waals surface area (Å²) >= 11 is 3.37. The summed E-state index contributed by atoms with van der Waals surface area (Å²) in [5.41, 5.74) is 0.375. The monoisotopic (exact) mass is 328 g/mol. The van der Waals surface area contributed by atoms with Gasteiger partial charge in [-0.15, -0.1) is 0 Å². The molecule has 0 fully saturated rings. The molecule has 3 N–H and O–H groups in total. The summed E-state index contributed by atoms with van der Waals surface area (Å²) in [6.45, 7) is 5.11. The Bertz CT molecular complexity index is 505. The van der Waals surface area contributed by atoms with Crippen molar-refractivity contribution in [1.29, 1.82) is 0 Å². The third kappa shape index (κ3) is 3.96. The predicted molar refractivity (Wildman–Crippen MR) is 77.4 cm³/mol. The van der Waals surface area contributed by atoms with E-state index in [1.165, 1.54) is 6.92 Å². The van der Waals surface area contributed by atoms with Crippen molar-refractivity contribution in [2.24, 2.45) is 0 Å². The number of amides is 2. The molecule has 1 rings (SSSR count). The SMILES string of the molecule is CCC(C)(NC(=O)Nc1ccc(C)c(Br)c1)C(=O)O. The van der Waals surface area contributed by atoms with Crippen LogP contribution in [0.25, 0.3) is 0 Å². The average molecular weight is 329 g/mol. The zero-order valence-electron chi connectivity index (χ0n) is 11.1. The Balaban J connectivity index is 2.75. The quantitative estimate of drug-likeness (QED) is 0.794. The maximum Gasteiger partial charge on any atom is 0.329 e. The Labute approximate surface area is 120 Å². The zero-order valence-corrected chi connectivity index (χ0v) is 12.7. The Morgan fingerprint density at radius 3 is 2.53 bits per heavy atom. The zero-order chi connectivity index (χ0) is 14.6. The first-order chi connectivity index (χ1) is 8.78. The Kier molecular flexibility index (Phi) is 4.94. The third-order valence-corrected chi connectivity index (χ3v) is 3.85. The van der Waals surface area contributed by atoms with Gasteiger partial charge in [0.1, 0.15) is 5.54 Å². The molecule has 2 amide bonds. The molecule has 0 radical (unpaired) electrons. The summed E-state index contributed by atoms with van der Waals surface area (Å²) in [5.74, 6) is -1.06. The van der Waals surface area contributed by atoms with Crippen LogP contribution in [-0.4, -0.2) is 22.6 Å². The second-order valence-corrected chi connectivity index (χ2v) is 5.39. The maximum absolute atomic E-state index is 11.8. The van der Waals surface area contributed by atoms with Crippen LogP contribution in [0.3, 0.4) is 0 Å². The minimum absolute atomic E-state index is 0.299. The molecular formula is C13H17BrN2O3. The summed E-state index contributed by atoms with van der Waals surface area (Å²) in [6, 6.07) is 4.83. The average Bonchev–Trinajstić information content (AvgIpc) is 2.33. The number of rotatable bonds is 4. The van der Waals surface area contributed by atoms with Crippen molar-refractivity contribution in [3.63, 3.8) is 0 Å². The standard InChI is InChI=1S/C13H17BrN2O3/c1-4-13(3,11(17)18)16-12(19)15-9-6-5-8(2)10(14)7-9/h5-7H,4H2,1-3H3,(H,17,18)(H2,15,16,19). The smallest absolute Gasteiger partial charge is 0.329 e. The maximum atomic E-state index is 11.8. The molecule has 0 aliphatic heterocycles. The molecule has 5 nitrogen and oxygen atoms in total. The van der Waals surface area contributed by atoms with E-state index in [4.69, 9.17) is 5.11 Å². The van der Waals surface area contributed by atoms with Gasteiger partial charge in [0.2, 0.25) is 0 Å². The number of carboxylic acid groups (broad SMARTS) is 1. The number of hydrogen-bond donors (Lipinski definition) is 3. The van der Waals surface area contributed by atoms with E-state index in [1.807, 2.05) is 13.0 Å². The molecule has 104 valence electrons. The van der Waals surface area contributed by atoms with Crippen molar-refractivity contribution in [1.82, 2.24) is 5.32 Å². The largest absolute Gasteiger partial charge is 0.480 e. The number of benzene rings is 1. The van der Waals surface area contributed by atoms with Crippen LogP contribution in [-0.2, 0) is 4.79 Å². The van der Waals surface area contributed by atoms with Crippen LogP contribution in [0.5, 0.6) is 0 Å². The molecule has 1 aromatic carbocycles. The molecule has 0 spiro atoms. The molecule has 0 aliphatic carbocycles. The third-order valence-electron chi connectivity index (χ3n) is 3.00. The number of carbonyl (C=O) groups excluding carboxylic acids is 1. The summed E-state index contributed by atoms with van der Waals surface area (Å²) in [5, 5.41) is 14.1. The summed E-state index contributed by atoms with van der Waals surface area (Å²) < 4.78 is 0.877. The molecule has 0 heterocycles. The van der Waals surface area contributed by atoms with Crippen molar-refractivity contribution >= 4 is 33.6 Å². The minimum Gasteiger partial charge on any atom is -0.480 e. The molecule has 0 saturated heterocycles. The van der Waals surface area contributed by atoms with Gasteiger partial charge in [0.15, 0.2) is 0 Å². The molecule has 0 aromatic heterocycles. The lowest BCUT2D eigenvalue weighted by Gasteiger charge is -2.24. The van der Waals surface area contributed by atoms with Gasteiger partial charge in [-0.2, -0.15) is 0 Å². The Hall–Kier alpha value is -1.56. The van der Waals surface area contributed by atoms with Crippen molar-refractivity contribution in [2.45, 2.75) is 32.7 Å². The number of aryl methyl sites for hydroxylation is 1. The van der Waals surface area contributed by atoms with E-state index in [0.29, 0.717) is 12.1 Å². The molecule has 1 unspecified atom stereocenters. The van der Waals surface area contributed by atoms with Crippen molar-refractivity contribution < 1.29 is 14.7 Å². The molecule has 0 bridgehead atoms.